The van der Waals surface area contributed by atoms with Crippen molar-refractivity contribution in [3.63, 3.8) is 0 Å². The Morgan fingerprint density at radius 1 is 1.43 bits per heavy atom. The zero-order valence-electron chi connectivity index (χ0n) is 12.1. The van der Waals surface area contributed by atoms with E-state index in [4.69, 9.17) is 16.3 Å². The third kappa shape index (κ3) is 4.29. The van der Waals surface area contributed by atoms with Gasteiger partial charge in [-0.05, 0) is 39.0 Å². The molecule has 0 radical (unpaired) electrons. The van der Waals surface area contributed by atoms with Crippen LogP contribution >= 0.6 is 11.6 Å². The first-order chi connectivity index (χ1) is 9.74. The Kier molecular flexibility index (Phi) is 4.32. The van der Waals surface area contributed by atoms with Crippen molar-refractivity contribution < 1.29 is 13.9 Å². The maximum absolute atomic E-state index is 13.1. The summed E-state index contributed by atoms with van der Waals surface area (Å²) in [7, 11) is 0. The Bertz CT molecular complexity index is 662. The molecule has 1 aromatic heterocycles. The number of aromatic nitrogens is 2. The van der Waals surface area contributed by atoms with E-state index in [9.17, 15) is 9.18 Å². The van der Waals surface area contributed by atoms with Crippen LogP contribution in [0, 0.1) is 5.82 Å². The second kappa shape index (κ2) is 5.85. The Balaban J connectivity index is 2.11. The van der Waals surface area contributed by atoms with Gasteiger partial charge in [0.05, 0.1) is 23.3 Å². The molecule has 0 saturated heterocycles. The van der Waals surface area contributed by atoms with E-state index in [-0.39, 0.29) is 17.4 Å². The fourth-order valence-electron chi connectivity index (χ4n) is 1.76. The zero-order chi connectivity index (χ0) is 15.6. The molecule has 0 aliphatic heterocycles. The first-order valence-electron chi connectivity index (χ1n) is 6.45. The molecule has 21 heavy (non-hydrogen) atoms. The van der Waals surface area contributed by atoms with Gasteiger partial charge in [-0.25, -0.2) is 9.07 Å². The van der Waals surface area contributed by atoms with E-state index in [1.807, 2.05) is 20.8 Å². The summed E-state index contributed by atoms with van der Waals surface area (Å²) in [4.78, 5) is 11.7. The molecular weight excluding hydrogens is 295 g/mol. The van der Waals surface area contributed by atoms with Gasteiger partial charge in [0.1, 0.15) is 11.4 Å². The average molecular weight is 311 g/mol. The highest BCUT2D eigenvalue weighted by atomic mass is 35.5. The van der Waals surface area contributed by atoms with Gasteiger partial charge >= 0.3 is 5.97 Å². The molecule has 0 N–H and O–H groups in total. The van der Waals surface area contributed by atoms with Crippen molar-refractivity contribution in [2.75, 3.05) is 0 Å². The summed E-state index contributed by atoms with van der Waals surface area (Å²) in [6.45, 7) is 5.44. The van der Waals surface area contributed by atoms with Crippen molar-refractivity contribution in [3.05, 3.63) is 47.0 Å². The number of carbonyl (C=O) groups excluding carboxylic acids is 1. The third-order valence-electron chi connectivity index (χ3n) is 2.57. The third-order valence-corrected chi connectivity index (χ3v) is 2.86. The predicted octanol–water partition coefficient (Wildman–Crippen LogP) is 3.55. The summed E-state index contributed by atoms with van der Waals surface area (Å²) in [5.74, 6) is -0.805. The first kappa shape index (κ1) is 15.5. The second-order valence-electron chi connectivity index (χ2n) is 5.65. The largest absolute Gasteiger partial charge is 0.460 e. The van der Waals surface area contributed by atoms with Crippen molar-refractivity contribution in [2.45, 2.75) is 32.8 Å². The summed E-state index contributed by atoms with van der Waals surface area (Å²) in [5.41, 5.74) is 0.818. The number of benzene rings is 1. The van der Waals surface area contributed by atoms with Gasteiger partial charge in [0, 0.05) is 11.8 Å². The van der Waals surface area contributed by atoms with Crippen LogP contribution in [0.3, 0.4) is 0 Å². The SMILES string of the molecule is CC(C)(C)OC(=O)Cc1cnn(-c2ccc(F)c(Cl)c2)c1. The highest BCUT2D eigenvalue weighted by Crippen LogP contribution is 2.19. The molecule has 0 saturated carbocycles. The molecule has 0 bridgehead atoms. The fraction of sp³-hybridized carbons (Fsp3) is 0.333. The van der Waals surface area contributed by atoms with Crippen molar-refractivity contribution in [3.8, 4) is 5.69 Å². The van der Waals surface area contributed by atoms with E-state index in [0.29, 0.717) is 11.3 Å². The number of hydrogen-bond acceptors (Lipinski definition) is 3. The molecule has 0 amide bonds. The lowest BCUT2D eigenvalue weighted by molar-refractivity contribution is -0.153. The van der Waals surface area contributed by atoms with Gasteiger partial charge in [-0.2, -0.15) is 5.10 Å². The Hall–Kier alpha value is -1.88. The van der Waals surface area contributed by atoms with Gasteiger partial charge in [-0.1, -0.05) is 11.6 Å². The molecule has 0 aliphatic carbocycles. The Morgan fingerprint density at radius 3 is 2.76 bits per heavy atom. The fourth-order valence-corrected chi connectivity index (χ4v) is 1.94. The van der Waals surface area contributed by atoms with E-state index in [2.05, 4.69) is 5.10 Å². The summed E-state index contributed by atoms with van der Waals surface area (Å²) in [6.07, 6.45) is 3.39. The molecule has 0 fully saturated rings. The summed E-state index contributed by atoms with van der Waals surface area (Å²) < 4.78 is 19.9. The van der Waals surface area contributed by atoms with E-state index in [0.717, 1.165) is 0 Å². The topological polar surface area (TPSA) is 44.1 Å². The van der Waals surface area contributed by atoms with Crippen LogP contribution < -0.4 is 0 Å². The highest BCUT2D eigenvalue weighted by molar-refractivity contribution is 6.30. The van der Waals surface area contributed by atoms with E-state index >= 15 is 0 Å². The van der Waals surface area contributed by atoms with Crippen molar-refractivity contribution in [1.82, 2.24) is 9.78 Å². The molecule has 0 aliphatic rings. The van der Waals surface area contributed by atoms with Gasteiger partial charge in [0.25, 0.3) is 0 Å². The van der Waals surface area contributed by atoms with Crippen molar-refractivity contribution in [1.29, 1.82) is 0 Å². The smallest absolute Gasteiger partial charge is 0.310 e. The lowest BCUT2D eigenvalue weighted by Gasteiger charge is -2.19. The van der Waals surface area contributed by atoms with Crippen LogP contribution in [0.2, 0.25) is 5.02 Å². The van der Waals surface area contributed by atoms with Gasteiger partial charge in [0.2, 0.25) is 0 Å². The first-order valence-corrected chi connectivity index (χ1v) is 6.83. The molecule has 2 aromatic rings. The summed E-state index contributed by atoms with van der Waals surface area (Å²) in [5, 5.41) is 4.16. The van der Waals surface area contributed by atoms with Gasteiger partial charge < -0.3 is 4.74 Å². The van der Waals surface area contributed by atoms with Crippen molar-refractivity contribution in [2.24, 2.45) is 0 Å². The highest BCUT2D eigenvalue weighted by Gasteiger charge is 2.17. The Labute approximate surface area is 127 Å². The number of esters is 1. The average Bonchev–Trinajstić information content (AvgIpc) is 2.78. The number of nitrogens with zero attached hydrogens (tertiary/aromatic N) is 2. The lowest BCUT2D eigenvalue weighted by atomic mass is 10.2. The van der Waals surface area contributed by atoms with Gasteiger partial charge in [-0.15, -0.1) is 0 Å². The number of carbonyl (C=O) groups is 1. The predicted molar refractivity (Wildman–Crippen MR) is 78.1 cm³/mol. The van der Waals surface area contributed by atoms with Crippen molar-refractivity contribution >= 4 is 17.6 Å². The van der Waals surface area contributed by atoms with E-state index < -0.39 is 11.4 Å². The number of hydrogen-bond donors (Lipinski definition) is 0. The summed E-state index contributed by atoms with van der Waals surface area (Å²) in [6, 6.07) is 4.31. The van der Waals surface area contributed by atoms with Crippen LogP contribution in [-0.2, 0) is 16.0 Å². The molecule has 2 rings (SSSR count). The van der Waals surface area contributed by atoms with Crippen LogP contribution in [0.15, 0.2) is 30.6 Å². The second-order valence-corrected chi connectivity index (χ2v) is 6.06. The molecule has 112 valence electrons. The molecule has 4 nitrogen and oxygen atoms in total. The maximum Gasteiger partial charge on any atom is 0.310 e. The normalized spacial score (nSPS) is 11.5. The molecule has 0 atom stereocenters. The molecular formula is C15H16ClFN2O2. The van der Waals surface area contributed by atoms with Crippen LogP contribution in [0.4, 0.5) is 4.39 Å². The minimum atomic E-state index is -0.516. The molecule has 1 heterocycles. The Morgan fingerprint density at radius 2 is 2.14 bits per heavy atom. The zero-order valence-corrected chi connectivity index (χ0v) is 12.8. The van der Waals surface area contributed by atoms with Gasteiger partial charge in [-0.3, -0.25) is 4.79 Å². The van der Waals surface area contributed by atoms with Crippen LogP contribution in [-0.4, -0.2) is 21.4 Å². The summed E-state index contributed by atoms with van der Waals surface area (Å²) >= 11 is 5.74. The monoisotopic (exact) mass is 310 g/mol. The molecule has 6 heteroatoms. The van der Waals surface area contributed by atoms with E-state index in [1.54, 1.807) is 18.5 Å². The van der Waals surface area contributed by atoms with Crippen LogP contribution in [0.1, 0.15) is 26.3 Å². The van der Waals surface area contributed by atoms with Crippen LogP contribution in [0.25, 0.3) is 5.69 Å². The molecule has 0 spiro atoms. The lowest BCUT2D eigenvalue weighted by Crippen LogP contribution is -2.24. The van der Waals surface area contributed by atoms with Gasteiger partial charge in [0.15, 0.2) is 0 Å². The minimum Gasteiger partial charge on any atom is -0.460 e. The minimum absolute atomic E-state index is 0.0247. The number of rotatable bonds is 3. The van der Waals surface area contributed by atoms with E-state index in [1.165, 1.54) is 16.8 Å². The maximum atomic E-state index is 13.1. The number of halogens is 2. The number of ether oxygens (including phenoxy) is 1. The molecule has 0 unspecified atom stereocenters. The quantitative estimate of drug-likeness (QED) is 0.814. The standard InChI is InChI=1S/C15H16ClFN2O2/c1-15(2,3)21-14(20)6-10-8-18-19(9-10)11-4-5-13(17)12(16)7-11/h4-5,7-9H,6H2,1-3H3. The van der Waals surface area contributed by atoms with Crippen LogP contribution in [0.5, 0.6) is 0 Å². The molecule has 1 aromatic carbocycles.